The number of hydrogen-bond acceptors (Lipinski definition) is 4. The highest BCUT2D eigenvalue weighted by molar-refractivity contribution is 6.31. The van der Waals surface area contributed by atoms with Crippen LogP contribution in [0.5, 0.6) is 5.75 Å². The molecule has 3 aromatic carbocycles. The Morgan fingerprint density at radius 2 is 1.94 bits per heavy atom. The minimum absolute atomic E-state index is 0.00822. The topological polar surface area (TPSA) is 71.0 Å². The van der Waals surface area contributed by atoms with Gasteiger partial charge in [-0.2, -0.15) is 5.10 Å². The molecule has 1 fully saturated rings. The summed E-state index contributed by atoms with van der Waals surface area (Å²) in [7, 11) is 0. The lowest BCUT2D eigenvalue weighted by Gasteiger charge is -2.17. The molecule has 35 heavy (non-hydrogen) atoms. The van der Waals surface area contributed by atoms with E-state index in [0.29, 0.717) is 22.9 Å². The number of aryl methyl sites for hydroxylation is 2. The number of halogens is 2. The van der Waals surface area contributed by atoms with E-state index in [1.807, 2.05) is 32.0 Å². The van der Waals surface area contributed by atoms with Crippen LogP contribution in [0, 0.1) is 25.6 Å². The third kappa shape index (κ3) is 5.87. The van der Waals surface area contributed by atoms with Crippen molar-refractivity contribution in [3.05, 3.63) is 93.8 Å². The molecular formula is C27H25ClFN3O3. The van der Waals surface area contributed by atoms with Crippen LogP contribution in [0.1, 0.15) is 28.7 Å². The monoisotopic (exact) mass is 493 g/mol. The third-order valence-corrected chi connectivity index (χ3v) is 6.37. The first kappa shape index (κ1) is 24.4. The van der Waals surface area contributed by atoms with Crippen LogP contribution in [0.15, 0.2) is 65.8 Å². The largest absolute Gasteiger partial charge is 0.489 e. The lowest BCUT2D eigenvalue weighted by molar-refractivity contribution is -0.126. The summed E-state index contributed by atoms with van der Waals surface area (Å²) in [6.07, 6.45) is 1.65. The Bertz CT molecular complexity index is 1260. The van der Waals surface area contributed by atoms with E-state index in [1.165, 1.54) is 12.3 Å². The Hall–Kier alpha value is -3.71. The van der Waals surface area contributed by atoms with Gasteiger partial charge in [0, 0.05) is 24.2 Å². The minimum Gasteiger partial charge on any atom is -0.489 e. The van der Waals surface area contributed by atoms with Crippen molar-refractivity contribution in [1.29, 1.82) is 0 Å². The zero-order valence-electron chi connectivity index (χ0n) is 19.4. The van der Waals surface area contributed by atoms with Crippen LogP contribution in [0.2, 0.25) is 5.02 Å². The van der Waals surface area contributed by atoms with Gasteiger partial charge in [-0.15, -0.1) is 0 Å². The van der Waals surface area contributed by atoms with Gasteiger partial charge in [0.05, 0.1) is 17.2 Å². The number of hydrogen-bond donors (Lipinski definition) is 1. The lowest BCUT2D eigenvalue weighted by Crippen LogP contribution is -2.30. The van der Waals surface area contributed by atoms with E-state index < -0.39 is 11.7 Å². The second-order valence-corrected chi connectivity index (χ2v) is 8.87. The molecule has 180 valence electrons. The summed E-state index contributed by atoms with van der Waals surface area (Å²) in [4.78, 5) is 26.7. The molecule has 0 aromatic heterocycles. The van der Waals surface area contributed by atoms with Crippen molar-refractivity contribution in [3.8, 4) is 5.75 Å². The van der Waals surface area contributed by atoms with Crippen LogP contribution in [0.25, 0.3) is 0 Å². The molecule has 4 rings (SSSR count). The Kier molecular flexibility index (Phi) is 7.46. The summed E-state index contributed by atoms with van der Waals surface area (Å²) in [5, 5.41) is 4.33. The number of carbonyl (C=O) groups is 2. The molecule has 0 saturated carbocycles. The lowest BCUT2D eigenvalue weighted by atomic mass is 10.1. The second kappa shape index (κ2) is 10.7. The van der Waals surface area contributed by atoms with E-state index in [2.05, 4.69) is 10.5 Å². The van der Waals surface area contributed by atoms with E-state index in [0.717, 1.165) is 22.4 Å². The standard InChI is InChI=1S/C27H25ClFN3O3/c1-17-6-9-21(12-18(17)2)32-15-20(13-26(32)33)27(34)31-30-14-19-7-10-22(11-8-19)35-16-23-24(28)4-3-5-25(23)29/h3-12,14,20H,13,15-16H2,1-2H3,(H,31,34)/b30-14-/t20-/m0/s1. The predicted octanol–water partition coefficient (Wildman–Crippen LogP) is 5.18. The van der Waals surface area contributed by atoms with Crippen LogP contribution >= 0.6 is 11.6 Å². The molecule has 0 unspecified atom stereocenters. The average Bonchev–Trinajstić information content (AvgIpc) is 3.23. The number of hydrazone groups is 1. The van der Waals surface area contributed by atoms with Gasteiger partial charge < -0.3 is 9.64 Å². The molecule has 8 heteroatoms. The quantitative estimate of drug-likeness (QED) is 0.364. The van der Waals surface area contributed by atoms with Crippen molar-refractivity contribution < 1.29 is 18.7 Å². The molecule has 1 saturated heterocycles. The second-order valence-electron chi connectivity index (χ2n) is 8.47. The summed E-state index contributed by atoms with van der Waals surface area (Å²) in [6.45, 7) is 4.34. The molecule has 1 heterocycles. The fourth-order valence-electron chi connectivity index (χ4n) is 3.76. The first-order valence-corrected chi connectivity index (χ1v) is 11.6. The summed E-state index contributed by atoms with van der Waals surface area (Å²) in [5.74, 6) is -0.728. The van der Waals surface area contributed by atoms with Gasteiger partial charge in [-0.3, -0.25) is 9.59 Å². The molecule has 3 aromatic rings. The molecule has 0 spiro atoms. The normalized spacial score (nSPS) is 15.6. The maximum Gasteiger partial charge on any atom is 0.245 e. The molecule has 1 atom stereocenters. The predicted molar refractivity (Wildman–Crippen MR) is 134 cm³/mol. The van der Waals surface area contributed by atoms with Gasteiger partial charge in [0.25, 0.3) is 0 Å². The molecular weight excluding hydrogens is 469 g/mol. The Labute approximate surface area is 208 Å². The first-order chi connectivity index (χ1) is 16.8. The van der Waals surface area contributed by atoms with E-state index in [1.54, 1.807) is 41.3 Å². The van der Waals surface area contributed by atoms with Crippen molar-refractivity contribution in [2.75, 3.05) is 11.4 Å². The molecule has 1 aliphatic heterocycles. The van der Waals surface area contributed by atoms with Crippen LogP contribution in [0.4, 0.5) is 10.1 Å². The fraction of sp³-hybridized carbons (Fsp3) is 0.222. The minimum atomic E-state index is -0.470. The van der Waals surface area contributed by atoms with Crippen molar-refractivity contribution >= 4 is 35.3 Å². The van der Waals surface area contributed by atoms with E-state index in [4.69, 9.17) is 16.3 Å². The number of nitrogens with one attached hydrogen (secondary N) is 1. The summed E-state index contributed by atoms with van der Waals surface area (Å²) in [5.41, 5.74) is 6.61. The third-order valence-electron chi connectivity index (χ3n) is 6.01. The van der Waals surface area contributed by atoms with Gasteiger partial charge >= 0.3 is 0 Å². The number of amides is 2. The van der Waals surface area contributed by atoms with Crippen molar-refractivity contribution in [2.24, 2.45) is 11.0 Å². The molecule has 0 bridgehead atoms. The number of rotatable bonds is 7. The van der Waals surface area contributed by atoms with Crippen LogP contribution < -0.4 is 15.1 Å². The maximum absolute atomic E-state index is 13.9. The van der Waals surface area contributed by atoms with Gasteiger partial charge in [0.1, 0.15) is 18.2 Å². The molecule has 0 aliphatic carbocycles. The van der Waals surface area contributed by atoms with Crippen molar-refractivity contribution in [2.45, 2.75) is 26.9 Å². The van der Waals surface area contributed by atoms with E-state index in [9.17, 15) is 14.0 Å². The van der Waals surface area contributed by atoms with E-state index in [-0.39, 0.29) is 24.8 Å². The van der Waals surface area contributed by atoms with Gasteiger partial charge in [0.15, 0.2) is 0 Å². The number of ether oxygens (including phenoxy) is 1. The number of benzene rings is 3. The van der Waals surface area contributed by atoms with Gasteiger partial charge in [-0.1, -0.05) is 23.7 Å². The zero-order valence-corrected chi connectivity index (χ0v) is 20.2. The van der Waals surface area contributed by atoms with E-state index >= 15 is 0 Å². The fourth-order valence-corrected chi connectivity index (χ4v) is 3.98. The Morgan fingerprint density at radius 1 is 1.17 bits per heavy atom. The summed E-state index contributed by atoms with van der Waals surface area (Å²) < 4.78 is 19.5. The maximum atomic E-state index is 13.9. The zero-order chi connectivity index (χ0) is 24.9. The van der Waals surface area contributed by atoms with Crippen LogP contribution in [-0.2, 0) is 16.2 Å². The highest BCUT2D eigenvalue weighted by atomic mass is 35.5. The number of nitrogens with zero attached hydrogens (tertiary/aromatic N) is 2. The molecule has 6 nitrogen and oxygen atoms in total. The highest BCUT2D eigenvalue weighted by Gasteiger charge is 2.35. The first-order valence-electron chi connectivity index (χ1n) is 11.2. The molecule has 1 N–H and O–H groups in total. The Balaban J connectivity index is 1.29. The van der Waals surface area contributed by atoms with Gasteiger partial charge in [-0.25, -0.2) is 9.82 Å². The molecule has 0 radical (unpaired) electrons. The van der Waals surface area contributed by atoms with Gasteiger partial charge in [-0.05, 0) is 79.1 Å². The SMILES string of the molecule is Cc1ccc(N2C[C@@H](C(=O)N/N=C\c3ccc(OCc4c(F)cccc4Cl)cc3)CC2=O)cc1C. The summed E-state index contributed by atoms with van der Waals surface area (Å²) >= 11 is 6.02. The highest BCUT2D eigenvalue weighted by Crippen LogP contribution is 2.27. The number of carbonyl (C=O) groups excluding carboxylic acids is 2. The van der Waals surface area contributed by atoms with Crippen LogP contribution in [-0.4, -0.2) is 24.6 Å². The summed E-state index contributed by atoms with van der Waals surface area (Å²) in [6, 6.07) is 17.3. The smallest absolute Gasteiger partial charge is 0.245 e. The van der Waals surface area contributed by atoms with Crippen molar-refractivity contribution in [1.82, 2.24) is 5.43 Å². The molecule has 1 aliphatic rings. The Morgan fingerprint density at radius 3 is 2.66 bits per heavy atom. The van der Waals surface area contributed by atoms with Crippen molar-refractivity contribution in [3.63, 3.8) is 0 Å². The number of anilines is 1. The van der Waals surface area contributed by atoms with Crippen LogP contribution in [0.3, 0.4) is 0 Å². The van der Waals surface area contributed by atoms with Gasteiger partial charge in [0.2, 0.25) is 11.8 Å². The molecule has 2 amide bonds. The average molecular weight is 494 g/mol.